The molecule has 0 aliphatic heterocycles. The summed E-state index contributed by atoms with van der Waals surface area (Å²) in [4.78, 5) is 22.6. The smallest absolute Gasteiger partial charge is 0.339 e. The fourth-order valence-electron chi connectivity index (χ4n) is 1.67. The highest BCUT2D eigenvalue weighted by Crippen LogP contribution is 2.12. The highest BCUT2D eigenvalue weighted by atomic mass is 16.4. The van der Waals surface area contributed by atoms with Crippen LogP contribution in [0, 0.1) is 19.8 Å². The Labute approximate surface area is 106 Å². The summed E-state index contributed by atoms with van der Waals surface area (Å²) < 4.78 is 1.43. The number of carboxylic acid groups (broad SMARTS) is 1. The van der Waals surface area contributed by atoms with Gasteiger partial charge in [-0.25, -0.2) is 4.79 Å². The van der Waals surface area contributed by atoms with Crippen LogP contribution in [0.15, 0.2) is 0 Å². The Balaban J connectivity index is 2.77. The maximum atomic E-state index is 11.6. The average Bonchev–Trinajstić information content (AvgIpc) is 2.51. The highest BCUT2D eigenvalue weighted by molar-refractivity contribution is 5.90. The van der Waals surface area contributed by atoms with Gasteiger partial charge >= 0.3 is 5.97 Å². The lowest BCUT2D eigenvalue weighted by atomic mass is 10.2. The van der Waals surface area contributed by atoms with E-state index in [0.29, 0.717) is 23.9 Å². The molecule has 1 rings (SSSR count). The molecule has 1 amide bonds. The number of rotatable bonds is 5. The second-order valence-corrected chi connectivity index (χ2v) is 4.71. The van der Waals surface area contributed by atoms with Crippen molar-refractivity contribution in [2.24, 2.45) is 5.92 Å². The molecule has 0 spiro atoms. The third-order valence-electron chi connectivity index (χ3n) is 2.60. The molecule has 0 aliphatic rings. The minimum Gasteiger partial charge on any atom is -0.478 e. The Kier molecular flexibility index (Phi) is 4.47. The first kappa shape index (κ1) is 14.2. The topological polar surface area (TPSA) is 84.2 Å². The van der Waals surface area contributed by atoms with Crippen LogP contribution >= 0.6 is 0 Å². The summed E-state index contributed by atoms with van der Waals surface area (Å²) in [6, 6.07) is 0. The first-order valence-electron chi connectivity index (χ1n) is 5.87. The summed E-state index contributed by atoms with van der Waals surface area (Å²) in [6.07, 6.45) is 0. The Morgan fingerprint density at radius 2 is 2.00 bits per heavy atom. The lowest BCUT2D eigenvalue weighted by Gasteiger charge is -2.08. The van der Waals surface area contributed by atoms with Crippen molar-refractivity contribution in [3.05, 3.63) is 17.0 Å². The zero-order valence-corrected chi connectivity index (χ0v) is 11.1. The molecule has 18 heavy (non-hydrogen) atoms. The zero-order valence-electron chi connectivity index (χ0n) is 11.1. The molecule has 0 unspecified atom stereocenters. The number of hydrogen-bond donors (Lipinski definition) is 2. The summed E-state index contributed by atoms with van der Waals surface area (Å²) in [5.74, 6) is -0.797. The SMILES string of the molecule is Cc1nn(CC(=O)NCC(C)C)c(C)c1C(=O)O. The molecule has 0 atom stereocenters. The predicted molar refractivity (Wildman–Crippen MR) is 66.5 cm³/mol. The summed E-state index contributed by atoms with van der Waals surface area (Å²) in [5.41, 5.74) is 1.10. The molecule has 0 saturated heterocycles. The second-order valence-electron chi connectivity index (χ2n) is 4.71. The van der Waals surface area contributed by atoms with Crippen molar-refractivity contribution in [1.82, 2.24) is 15.1 Å². The number of aryl methyl sites for hydroxylation is 1. The van der Waals surface area contributed by atoms with Crippen molar-refractivity contribution < 1.29 is 14.7 Å². The van der Waals surface area contributed by atoms with E-state index in [1.807, 2.05) is 13.8 Å². The van der Waals surface area contributed by atoms with E-state index in [4.69, 9.17) is 5.11 Å². The number of carbonyl (C=O) groups excluding carboxylic acids is 1. The van der Waals surface area contributed by atoms with Gasteiger partial charge in [0.2, 0.25) is 5.91 Å². The molecule has 0 saturated carbocycles. The number of carbonyl (C=O) groups is 2. The lowest BCUT2D eigenvalue weighted by molar-refractivity contribution is -0.122. The molecule has 6 heteroatoms. The Morgan fingerprint density at radius 3 is 2.44 bits per heavy atom. The van der Waals surface area contributed by atoms with E-state index in [1.54, 1.807) is 13.8 Å². The normalized spacial score (nSPS) is 10.7. The third kappa shape index (κ3) is 3.32. The van der Waals surface area contributed by atoms with Gasteiger partial charge in [0.1, 0.15) is 12.1 Å². The first-order valence-corrected chi connectivity index (χ1v) is 5.87. The maximum absolute atomic E-state index is 11.6. The van der Waals surface area contributed by atoms with E-state index in [0.717, 1.165) is 0 Å². The van der Waals surface area contributed by atoms with Crippen LogP contribution in [-0.4, -0.2) is 33.3 Å². The number of aromatic carboxylic acids is 1. The van der Waals surface area contributed by atoms with Gasteiger partial charge in [0, 0.05) is 6.54 Å². The van der Waals surface area contributed by atoms with Crippen molar-refractivity contribution in [2.45, 2.75) is 34.2 Å². The van der Waals surface area contributed by atoms with E-state index in [-0.39, 0.29) is 18.0 Å². The highest BCUT2D eigenvalue weighted by Gasteiger charge is 2.18. The molecule has 0 fully saturated rings. The van der Waals surface area contributed by atoms with E-state index in [9.17, 15) is 9.59 Å². The Morgan fingerprint density at radius 1 is 1.39 bits per heavy atom. The number of hydrogen-bond acceptors (Lipinski definition) is 3. The van der Waals surface area contributed by atoms with Gasteiger partial charge in [-0.2, -0.15) is 5.10 Å². The summed E-state index contributed by atoms with van der Waals surface area (Å²) >= 11 is 0. The second kappa shape index (κ2) is 5.66. The first-order chi connectivity index (χ1) is 8.32. The fourth-order valence-corrected chi connectivity index (χ4v) is 1.67. The van der Waals surface area contributed by atoms with Crippen molar-refractivity contribution in [1.29, 1.82) is 0 Å². The molecule has 1 aromatic heterocycles. The minimum atomic E-state index is -1.01. The van der Waals surface area contributed by atoms with Crippen LogP contribution in [-0.2, 0) is 11.3 Å². The molecule has 0 aromatic carbocycles. The van der Waals surface area contributed by atoms with Crippen LogP contribution in [0.5, 0.6) is 0 Å². The molecule has 2 N–H and O–H groups in total. The van der Waals surface area contributed by atoms with Crippen LogP contribution in [0.2, 0.25) is 0 Å². The van der Waals surface area contributed by atoms with E-state index >= 15 is 0 Å². The van der Waals surface area contributed by atoms with Crippen molar-refractivity contribution in [2.75, 3.05) is 6.54 Å². The number of nitrogens with one attached hydrogen (secondary N) is 1. The van der Waals surface area contributed by atoms with Crippen LogP contribution in [0.3, 0.4) is 0 Å². The fraction of sp³-hybridized carbons (Fsp3) is 0.583. The molecule has 6 nitrogen and oxygen atoms in total. The molecule has 1 aromatic rings. The van der Waals surface area contributed by atoms with E-state index in [1.165, 1.54) is 4.68 Å². The van der Waals surface area contributed by atoms with Crippen LogP contribution in [0.25, 0.3) is 0 Å². The summed E-state index contributed by atoms with van der Waals surface area (Å²) in [7, 11) is 0. The zero-order chi connectivity index (χ0) is 13.9. The van der Waals surface area contributed by atoms with E-state index < -0.39 is 5.97 Å². The number of nitrogens with zero attached hydrogens (tertiary/aromatic N) is 2. The third-order valence-corrected chi connectivity index (χ3v) is 2.60. The van der Waals surface area contributed by atoms with Crippen molar-refractivity contribution >= 4 is 11.9 Å². The molecule has 1 heterocycles. The standard InChI is InChI=1S/C12H19N3O3/c1-7(2)5-13-10(16)6-15-9(4)11(12(17)18)8(3)14-15/h7H,5-6H2,1-4H3,(H,13,16)(H,17,18). The lowest BCUT2D eigenvalue weighted by Crippen LogP contribution is -2.31. The number of aromatic nitrogens is 2. The van der Waals surface area contributed by atoms with Gasteiger partial charge in [-0.15, -0.1) is 0 Å². The summed E-state index contributed by atoms with van der Waals surface area (Å²) in [5, 5.41) is 15.9. The van der Waals surface area contributed by atoms with Crippen molar-refractivity contribution in [3.8, 4) is 0 Å². The molecule has 100 valence electrons. The predicted octanol–water partition coefficient (Wildman–Crippen LogP) is 0.970. The summed E-state index contributed by atoms with van der Waals surface area (Å²) in [6.45, 7) is 7.94. The van der Waals surface area contributed by atoms with Crippen LogP contribution in [0.1, 0.15) is 35.6 Å². The van der Waals surface area contributed by atoms with Crippen LogP contribution in [0.4, 0.5) is 0 Å². The number of amides is 1. The Bertz CT molecular complexity index is 463. The monoisotopic (exact) mass is 253 g/mol. The van der Waals surface area contributed by atoms with Gasteiger partial charge in [0.25, 0.3) is 0 Å². The molecule has 0 aliphatic carbocycles. The van der Waals surface area contributed by atoms with Gasteiger partial charge in [0.15, 0.2) is 0 Å². The largest absolute Gasteiger partial charge is 0.478 e. The average molecular weight is 253 g/mol. The number of carboxylic acids is 1. The van der Waals surface area contributed by atoms with E-state index in [2.05, 4.69) is 10.4 Å². The maximum Gasteiger partial charge on any atom is 0.339 e. The van der Waals surface area contributed by atoms with Gasteiger partial charge in [-0.1, -0.05) is 13.8 Å². The van der Waals surface area contributed by atoms with Gasteiger partial charge in [0.05, 0.1) is 11.4 Å². The molecule has 0 radical (unpaired) electrons. The van der Waals surface area contributed by atoms with Gasteiger partial charge in [-0.05, 0) is 19.8 Å². The van der Waals surface area contributed by atoms with Gasteiger partial charge < -0.3 is 10.4 Å². The molecule has 0 bridgehead atoms. The molecular weight excluding hydrogens is 234 g/mol. The van der Waals surface area contributed by atoms with Gasteiger partial charge in [-0.3, -0.25) is 9.48 Å². The van der Waals surface area contributed by atoms with Crippen LogP contribution < -0.4 is 5.32 Å². The Hall–Kier alpha value is -1.85. The molecular formula is C12H19N3O3. The minimum absolute atomic E-state index is 0.0483. The van der Waals surface area contributed by atoms with Crippen molar-refractivity contribution in [3.63, 3.8) is 0 Å². The quantitative estimate of drug-likeness (QED) is 0.819.